The Bertz CT molecular complexity index is 528. The molecule has 0 saturated carbocycles. The fraction of sp³-hybridized carbons (Fsp3) is 0.375. The molecular weight excluding hydrogens is 268 g/mol. The molecule has 1 amide bonds. The topological polar surface area (TPSA) is 92.4 Å². The lowest BCUT2D eigenvalue weighted by molar-refractivity contribution is -0.142. The molecule has 2 rings (SSSR count). The van der Waals surface area contributed by atoms with Gasteiger partial charge in [-0.2, -0.15) is 0 Å². The van der Waals surface area contributed by atoms with Crippen LogP contribution < -0.4 is 11.1 Å². The number of aliphatic carboxylic acids is 1. The Morgan fingerprint density at radius 1 is 1.29 bits per heavy atom. The van der Waals surface area contributed by atoms with Crippen LogP contribution in [-0.4, -0.2) is 29.1 Å². The van der Waals surface area contributed by atoms with Crippen molar-refractivity contribution in [3.8, 4) is 0 Å². The van der Waals surface area contributed by atoms with Crippen molar-refractivity contribution in [1.82, 2.24) is 5.32 Å². The molecule has 5 heteroatoms. The summed E-state index contributed by atoms with van der Waals surface area (Å²) in [6.45, 7) is 0. The Hall–Kier alpha value is -2.14. The molecule has 1 aromatic rings. The molecule has 0 aromatic heterocycles. The van der Waals surface area contributed by atoms with Crippen molar-refractivity contribution in [3.05, 3.63) is 48.0 Å². The van der Waals surface area contributed by atoms with E-state index in [1.165, 1.54) is 0 Å². The van der Waals surface area contributed by atoms with E-state index in [0.29, 0.717) is 19.3 Å². The highest BCUT2D eigenvalue weighted by Gasteiger charge is 2.27. The Labute approximate surface area is 123 Å². The number of nitrogens with one attached hydrogen (secondary N) is 1. The molecule has 0 heterocycles. The van der Waals surface area contributed by atoms with Gasteiger partial charge in [0.1, 0.15) is 6.04 Å². The highest BCUT2D eigenvalue weighted by molar-refractivity contribution is 5.86. The lowest BCUT2D eigenvalue weighted by Crippen LogP contribution is -2.43. The minimum atomic E-state index is -1.01. The van der Waals surface area contributed by atoms with E-state index < -0.39 is 12.0 Å². The number of benzene rings is 1. The molecular formula is C16H20N2O3. The largest absolute Gasteiger partial charge is 0.480 e. The van der Waals surface area contributed by atoms with Gasteiger partial charge in [-0.25, -0.2) is 4.79 Å². The van der Waals surface area contributed by atoms with Crippen LogP contribution in [0.2, 0.25) is 0 Å². The van der Waals surface area contributed by atoms with Crippen molar-refractivity contribution in [3.63, 3.8) is 0 Å². The number of aryl methyl sites for hydroxylation is 1. The maximum Gasteiger partial charge on any atom is 0.326 e. The summed E-state index contributed by atoms with van der Waals surface area (Å²) in [4.78, 5) is 23.3. The summed E-state index contributed by atoms with van der Waals surface area (Å²) in [7, 11) is 0. The summed E-state index contributed by atoms with van der Waals surface area (Å²) < 4.78 is 0. The highest BCUT2D eigenvalue weighted by Crippen LogP contribution is 2.17. The van der Waals surface area contributed by atoms with Gasteiger partial charge in [0.15, 0.2) is 0 Å². The van der Waals surface area contributed by atoms with Crippen LogP contribution in [0.4, 0.5) is 0 Å². The van der Waals surface area contributed by atoms with Crippen molar-refractivity contribution in [2.24, 2.45) is 11.7 Å². The van der Waals surface area contributed by atoms with Gasteiger partial charge in [0.05, 0.1) is 5.92 Å². The zero-order valence-electron chi connectivity index (χ0n) is 11.7. The number of carboxylic acids is 1. The second-order valence-electron chi connectivity index (χ2n) is 5.31. The van der Waals surface area contributed by atoms with Gasteiger partial charge in [-0.3, -0.25) is 4.79 Å². The number of hydrogen-bond donors (Lipinski definition) is 3. The van der Waals surface area contributed by atoms with Crippen LogP contribution in [0.15, 0.2) is 42.5 Å². The molecule has 1 aliphatic carbocycles. The average Bonchev–Trinajstić information content (AvgIpc) is 2.90. The first-order valence-corrected chi connectivity index (χ1v) is 7.07. The second kappa shape index (κ2) is 7.04. The van der Waals surface area contributed by atoms with E-state index in [1.54, 1.807) is 12.2 Å². The van der Waals surface area contributed by atoms with E-state index in [4.69, 9.17) is 5.73 Å². The molecule has 0 fully saturated rings. The van der Waals surface area contributed by atoms with Gasteiger partial charge in [0, 0.05) is 6.04 Å². The van der Waals surface area contributed by atoms with Gasteiger partial charge in [-0.05, 0) is 24.8 Å². The standard InChI is InChI=1S/C16H20N2O3/c17-13-8-7-12(10-13)15(19)18-14(16(20)21)9-6-11-4-2-1-3-5-11/h1-5,7-8,12-14H,6,9-10,17H2,(H,18,19)(H,20,21)/t12?,13?,14-/m0/s1. The third kappa shape index (κ3) is 4.43. The van der Waals surface area contributed by atoms with Gasteiger partial charge in [0.25, 0.3) is 0 Å². The van der Waals surface area contributed by atoms with Crippen LogP contribution in [0.3, 0.4) is 0 Å². The van der Waals surface area contributed by atoms with Crippen LogP contribution in [0, 0.1) is 5.92 Å². The first-order chi connectivity index (χ1) is 10.1. The maximum absolute atomic E-state index is 12.0. The molecule has 21 heavy (non-hydrogen) atoms. The number of rotatable bonds is 6. The van der Waals surface area contributed by atoms with Gasteiger partial charge < -0.3 is 16.2 Å². The third-order valence-electron chi connectivity index (χ3n) is 3.63. The van der Waals surface area contributed by atoms with E-state index in [2.05, 4.69) is 5.32 Å². The number of carboxylic acid groups (broad SMARTS) is 1. The fourth-order valence-electron chi connectivity index (χ4n) is 2.41. The van der Waals surface area contributed by atoms with Crippen LogP contribution in [0.25, 0.3) is 0 Å². The summed E-state index contributed by atoms with van der Waals surface area (Å²) in [5.41, 5.74) is 6.76. The number of carbonyl (C=O) groups is 2. The fourth-order valence-corrected chi connectivity index (χ4v) is 2.41. The molecule has 0 aliphatic heterocycles. The predicted octanol–water partition coefficient (Wildman–Crippen LogP) is 1.09. The third-order valence-corrected chi connectivity index (χ3v) is 3.63. The Kier molecular flexibility index (Phi) is 5.11. The minimum Gasteiger partial charge on any atom is -0.480 e. The number of carbonyl (C=O) groups excluding carboxylic acids is 1. The molecule has 112 valence electrons. The van der Waals surface area contributed by atoms with Crippen molar-refractivity contribution >= 4 is 11.9 Å². The predicted molar refractivity (Wildman–Crippen MR) is 79.6 cm³/mol. The maximum atomic E-state index is 12.0. The van der Waals surface area contributed by atoms with E-state index >= 15 is 0 Å². The summed E-state index contributed by atoms with van der Waals surface area (Å²) in [5.74, 6) is -1.59. The van der Waals surface area contributed by atoms with E-state index in [-0.39, 0.29) is 17.9 Å². The van der Waals surface area contributed by atoms with E-state index in [9.17, 15) is 14.7 Å². The van der Waals surface area contributed by atoms with Crippen molar-refractivity contribution in [2.45, 2.75) is 31.3 Å². The molecule has 1 aliphatic rings. The molecule has 0 saturated heterocycles. The van der Waals surface area contributed by atoms with Gasteiger partial charge in [-0.1, -0.05) is 42.5 Å². The van der Waals surface area contributed by atoms with Crippen molar-refractivity contribution in [1.29, 1.82) is 0 Å². The van der Waals surface area contributed by atoms with Crippen LogP contribution >= 0.6 is 0 Å². The van der Waals surface area contributed by atoms with Crippen LogP contribution in [0.1, 0.15) is 18.4 Å². The van der Waals surface area contributed by atoms with Gasteiger partial charge in [-0.15, -0.1) is 0 Å². The van der Waals surface area contributed by atoms with E-state index in [1.807, 2.05) is 30.3 Å². The van der Waals surface area contributed by atoms with Crippen LogP contribution in [-0.2, 0) is 16.0 Å². The molecule has 0 spiro atoms. The molecule has 0 bridgehead atoms. The first kappa shape index (κ1) is 15.3. The molecule has 0 radical (unpaired) electrons. The van der Waals surface area contributed by atoms with E-state index in [0.717, 1.165) is 5.56 Å². The Morgan fingerprint density at radius 2 is 2.00 bits per heavy atom. The number of amides is 1. The zero-order chi connectivity index (χ0) is 15.2. The number of nitrogens with two attached hydrogens (primary N) is 1. The van der Waals surface area contributed by atoms with Crippen LogP contribution in [0.5, 0.6) is 0 Å². The second-order valence-corrected chi connectivity index (χ2v) is 5.31. The molecule has 2 unspecified atom stereocenters. The average molecular weight is 288 g/mol. The number of hydrogen-bond acceptors (Lipinski definition) is 3. The zero-order valence-corrected chi connectivity index (χ0v) is 11.7. The molecule has 1 aromatic carbocycles. The summed E-state index contributed by atoms with van der Waals surface area (Å²) in [5, 5.41) is 11.8. The Balaban J connectivity index is 1.89. The summed E-state index contributed by atoms with van der Waals surface area (Å²) >= 11 is 0. The summed E-state index contributed by atoms with van der Waals surface area (Å²) in [6.07, 6.45) is 5.04. The Morgan fingerprint density at radius 3 is 2.57 bits per heavy atom. The minimum absolute atomic E-state index is 0.117. The normalized spacial score (nSPS) is 22.0. The lowest BCUT2D eigenvalue weighted by Gasteiger charge is -2.17. The molecule has 4 N–H and O–H groups in total. The highest BCUT2D eigenvalue weighted by atomic mass is 16.4. The smallest absolute Gasteiger partial charge is 0.326 e. The molecule has 5 nitrogen and oxygen atoms in total. The first-order valence-electron chi connectivity index (χ1n) is 7.07. The van der Waals surface area contributed by atoms with Crippen molar-refractivity contribution < 1.29 is 14.7 Å². The van der Waals surface area contributed by atoms with Gasteiger partial charge >= 0.3 is 5.97 Å². The quantitative estimate of drug-likeness (QED) is 0.683. The van der Waals surface area contributed by atoms with Gasteiger partial charge in [0.2, 0.25) is 5.91 Å². The summed E-state index contributed by atoms with van der Waals surface area (Å²) in [6, 6.07) is 8.63. The monoisotopic (exact) mass is 288 g/mol. The van der Waals surface area contributed by atoms with Crippen molar-refractivity contribution in [2.75, 3.05) is 0 Å². The molecule has 3 atom stereocenters. The SMILES string of the molecule is NC1C=CC(C(=O)N[C@@H](CCc2ccccc2)C(=O)O)C1. The lowest BCUT2D eigenvalue weighted by atomic mass is 10.0.